The normalized spacial score (nSPS) is 15.3. The third kappa shape index (κ3) is 4.98. The molecule has 40 heavy (non-hydrogen) atoms. The van der Waals surface area contributed by atoms with E-state index >= 15 is 0 Å². The summed E-state index contributed by atoms with van der Waals surface area (Å²) in [4.78, 5) is 12.8. The summed E-state index contributed by atoms with van der Waals surface area (Å²) in [7, 11) is 0.771. The number of aryl methyl sites for hydroxylation is 1. The number of alkyl halides is 9. The molecule has 0 N–H and O–H groups in total. The van der Waals surface area contributed by atoms with Crippen molar-refractivity contribution in [2.45, 2.75) is 43.9 Å². The molecule has 214 valence electrons. The lowest BCUT2D eigenvalue weighted by molar-refractivity contribution is -0.350. The zero-order chi connectivity index (χ0) is 29.8. The number of carbonyl (C=O) groups is 1. The number of hydrogen-bond acceptors (Lipinski definition) is 5. The molecule has 0 radical (unpaired) electrons. The molecule has 0 unspecified atom stereocenters. The van der Waals surface area contributed by atoms with Crippen LogP contribution in [-0.4, -0.2) is 44.3 Å². The predicted octanol–water partition coefficient (Wildman–Crippen LogP) is 6.69. The van der Waals surface area contributed by atoms with Crippen LogP contribution in [0.4, 0.5) is 39.5 Å². The standard InChI is InChI=1S/C23H15ClF9N5O2/c1-37-18(16(40-19(25)26)17(36-37)21(27,22(28,29)30)23(31,32)33)38-9-12(8-35-38)11-2-3-14(24)13(6-11)15(39)7-20(10-34)4-5-20/h2-3,6,8-9,19H,4-5,7H2,1H3. The molecule has 4 rings (SSSR count). The summed E-state index contributed by atoms with van der Waals surface area (Å²) in [5.41, 5.74) is -9.05. The molecule has 0 bridgehead atoms. The van der Waals surface area contributed by atoms with Crippen molar-refractivity contribution >= 4 is 17.4 Å². The monoisotopic (exact) mass is 599 g/mol. The van der Waals surface area contributed by atoms with Crippen LogP contribution in [-0.2, 0) is 12.7 Å². The molecule has 1 aromatic carbocycles. The highest BCUT2D eigenvalue weighted by Gasteiger charge is 2.76. The van der Waals surface area contributed by atoms with Crippen LogP contribution in [0.3, 0.4) is 0 Å². The van der Waals surface area contributed by atoms with Gasteiger partial charge in [-0.3, -0.25) is 4.79 Å². The summed E-state index contributed by atoms with van der Waals surface area (Å²) in [5.74, 6) is -3.27. The van der Waals surface area contributed by atoms with Crippen molar-refractivity contribution in [3.05, 3.63) is 46.9 Å². The number of hydrogen-bond donors (Lipinski definition) is 0. The number of benzene rings is 1. The molecular weight excluding hydrogens is 585 g/mol. The topological polar surface area (TPSA) is 85.7 Å². The van der Waals surface area contributed by atoms with Crippen molar-refractivity contribution in [3.8, 4) is 28.8 Å². The van der Waals surface area contributed by atoms with Crippen molar-refractivity contribution in [2.75, 3.05) is 0 Å². The van der Waals surface area contributed by atoms with Gasteiger partial charge < -0.3 is 4.74 Å². The molecule has 0 atom stereocenters. The molecule has 17 heteroatoms. The van der Waals surface area contributed by atoms with Crippen LogP contribution in [0.25, 0.3) is 16.9 Å². The Hall–Kier alpha value is -3.74. The number of nitriles is 1. The van der Waals surface area contributed by atoms with Crippen LogP contribution in [0.2, 0.25) is 5.02 Å². The van der Waals surface area contributed by atoms with E-state index in [2.05, 4.69) is 21.0 Å². The highest BCUT2D eigenvalue weighted by atomic mass is 35.5. The molecule has 1 aliphatic rings. The molecule has 0 spiro atoms. The van der Waals surface area contributed by atoms with Gasteiger partial charge in [0.2, 0.25) is 0 Å². The van der Waals surface area contributed by atoms with Crippen LogP contribution >= 0.6 is 11.6 Å². The Bertz CT molecular complexity index is 1490. The highest BCUT2D eigenvalue weighted by molar-refractivity contribution is 6.34. The van der Waals surface area contributed by atoms with Gasteiger partial charge in [-0.15, -0.1) is 0 Å². The fourth-order valence-electron chi connectivity index (χ4n) is 3.99. The fourth-order valence-corrected chi connectivity index (χ4v) is 4.21. The second-order valence-corrected chi connectivity index (χ2v) is 9.42. The minimum Gasteiger partial charge on any atom is -0.429 e. The number of ketones is 1. The first-order valence-corrected chi connectivity index (χ1v) is 11.5. The Kier molecular flexibility index (Phi) is 7.11. The highest BCUT2D eigenvalue weighted by Crippen LogP contribution is 2.56. The van der Waals surface area contributed by atoms with Crippen LogP contribution < -0.4 is 4.74 Å². The largest absolute Gasteiger partial charge is 0.437 e. The first-order valence-electron chi connectivity index (χ1n) is 11.1. The lowest BCUT2D eigenvalue weighted by atomic mass is 9.95. The van der Waals surface area contributed by atoms with E-state index in [4.69, 9.17) is 11.6 Å². The summed E-state index contributed by atoms with van der Waals surface area (Å²) < 4.78 is 126. The summed E-state index contributed by atoms with van der Waals surface area (Å²) in [6.07, 6.45) is -10.3. The molecule has 0 saturated heterocycles. The van der Waals surface area contributed by atoms with Crippen molar-refractivity contribution in [2.24, 2.45) is 12.5 Å². The van der Waals surface area contributed by atoms with Crippen LogP contribution in [0.15, 0.2) is 30.6 Å². The Morgan fingerprint density at radius 3 is 2.30 bits per heavy atom. The number of ether oxygens (including phenoxy) is 1. The third-order valence-corrected chi connectivity index (χ3v) is 6.61. The van der Waals surface area contributed by atoms with Gasteiger partial charge >= 0.3 is 24.6 Å². The van der Waals surface area contributed by atoms with Gasteiger partial charge in [-0.05, 0) is 30.5 Å². The molecule has 1 aliphatic carbocycles. The summed E-state index contributed by atoms with van der Waals surface area (Å²) in [6, 6.07) is 6.15. The molecule has 3 aromatic rings. The molecule has 0 aliphatic heterocycles. The van der Waals surface area contributed by atoms with E-state index in [1.165, 1.54) is 18.2 Å². The summed E-state index contributed by atoms with van der Waals surface area (Å²) in [5, 5.41) is 16.0. The molecule has 2 aromatic heterocycles. The van der Waals surface area contributed by atoms with Crippen LogP contribution in [0.5, 0.6) is 5.75 Å². The third-order valence-electron chi connectivity index (χ3n) is 6.28. The molecule has 2 heterocycles. The molecule has 1 fully saturated rings. The smallest absolute Gasteiger partial charge is 0.429 e. The van der Waals surface area contributed by atoms with Gasteiger partial charge in [-0.2, -0.15) is 50.6 Å². The Balaban J connectivity index is 1.80. The van der Waals surface area contributed by atoms with E-state index in [1.54, 1.807) is 0 Å². The predicted molar refractivity (Wildman–Crippen MR) is 119 cm³/mol. The summed E-state index contributed by atoms with van der Waals surface area (Å²) in [6.45, 7) is -3.96. The fraction of sp³-hybridized carbons (Fsp3) is 0.391. The second-order valence-electron chi connectivity index (χ2n) is 9.02. The van der Waals surface area contributed by atoms with Gasteiger partial charge in [-0.25, -0.2) is 13.8 Å². The molecule has 0 amide bonds. The Labute approximate surface area is 223 Å². The number of halogens is 10. The van der Waals surface area contributed by atoms with Gasteiger partial charge in [-0.1, -0.05) is 17.7 Å². The minimum atomic E-state index is -6.65. The SMILES string of the molecule is Cn1nc(C(F)(C(F)(F)F)C(F)(F)F)c(OC(F)F)c1-n1cc(-c2ccc(Cl)c(C(=O)CC3(C#N)CC3)c2)cn1. The first-order chi connectivity index (χ1) is 18.4. The van der Waals surface area contributed by atoms with Gasteiger partial charge in [0.25, 0.3) is 0 Å². The number of rotatable bonds is 8. The lowest BCUT2D eigenvalue weighted by Crippen LogP contribution is -2.51. The van der Waals surface area contributed by atoms with E-state index in [1.807, 2.05) is 0 Å². The van der Waals surface area contributed by atoms with Crippen LogP contribution in [0.1, 0.15) is 35.3 Å². The van der Waals surface area contributed by atoms with E-state index in [9.17, 15) is 49.6 Å². The van der Waals surface area contributed by atoms with Crippen LogP contribution in [0, 0.1) is 16.7 Å². The van der Waals surface area contributed by atoms with Gasteiger partial charge in [0, 0.05) is 30.8 Å². The van der Waals surface area contributed by atoms with E-state index in [0.29, 0.717) is 17.5 Å². The number of Topliss-reactive ketones (excluding diaryl/α,β-unsaturated/α-hetero) is 1. The summed E-state index contributed by atoms with van der Waals surface area (Å²) >= 11 is 6.14. The first kappa shape index (κ1) is 29.2. The Morgan fingerprint density at radius 1 is 1.15 bits per heavy atom. The average Bonchev–Trinajstić information content (AvgIpc) is 3.31. The maximum absolute atomic E-state index is 14.8. The second kappa shape index (κ2) is 9.72. The molecule has 7 nitrogen and oxygen atoms in total. The maximum Gasteiger partial charge on any atom is 0.437 e. The van der Waals surface area contributed by atoms with Crippen molar-refractivity contribution in [1.29, 1.82) is 5.26 Å². The minimum absolute atomic E-state index is 0.0375. The molecule has 1 saturated carbocycles. The zero-order valence-electron chi connectivity index (χ0n) is 19.9. The number of aromatic nitrogens is 4. The van der Waals surface area contributed by atoms with E-state index < -0.39 is 53.1 Å². The van der Waals surface area contributed by atoms with E-state index in [-0.39, 0.29) is 32.8 Å². The quantitative estimate of drug-likeness (QED) is 0.213. The van der Waals surface area contributed by atoms with Crippen molar-refractivity contribution in [1.82, 2.24) is 19.6 Å². The van der Waals surface area contributed by atoms with E-state index in [0.717, 1.165) is 19.4 Å². The molecular formula is C23H15ClF9N5O2. The Morgan fingerprint density at radius 2 is 1.77 bits per heavy atom. The van der Waals surface area contributed by atoms with Crippen molar-refractivity contribution in [3.63, 3.8) is 0 Å². The number of nitrogens with zero attached hydrogens (tertiary/aromatic N) is 5. The van der Waals surface area contributed by atoms with Gasteiger partial charge in [0.05, 0.1) is 22.7 Å². The average molecular weight is 600 g/mol. The van der Waals surface area contributed by atoms with Gasteiger partial charge in [0.1, 0.15) is 0 Å². The number of carbonyl (C=O) groups excluding carboxylic acids is 1. The van der Waals surface area contributed by atoms with Gasteiger partial charge in [0.15, 0.2) is 23.0 Å². The zero-order valence-corrected chi connectivity index (χ0v) is 20.7. The lowest BCUT2D eigenvalue weighted by Gasteiger charge is -2.28. The van der Waals surface area contributed by atoms with Crippen molar-refractivity contribution < 1.29 is 49.0 Å². The maximum atomic E-state index is 14.8.